The molecule has 2 aromatic carbocycles. The lowest BCUT2D eigenvalue weighted by molar-refractivity contribution is 0.315. The van der Waals surface area contributed by atoms with Crippen LogP contribution in [0.25, 0.3) is 28.0 Å². The smallest absolute Gasteiger partial charge is 0.155 e. The van der Waals surface area contributed by atoms with Crippen LogP contribution in [0.4, 0.5) is 5.82 Å². The number of likely N-dealkylation sites (N-methyl/N-ethyl adjacent to an activating group) is 1. The van der Waals surface area contributed by atoms with E-state index in [1.807, 2.05) is 24.7 Å². The monoisotopic (exact) mass is 383 g/mol. The van der Waals surface area contributed by atoms with Gasteiger partial charge in [-0.3, -0.25) is 4.40 Å². The Morgan fingerprint density at radius 2 is 1.62 bits per heavy atom. The topological polar surface area (TPSA) is 36.7 Å². The van der Waals surface area contributed by atoms with Crippen molar-refractivity contribution in [2.24, 2.45) is 0 Å². The Labute approximate surface area is 171 Å². The average Bonchev–Trinajstić information content (AvgIpc) is 3.44. The summed E-state index contributed by atoms with van der Waals surface area (Å²) in [7, 11) is 4.31. The first-order valence-electron chi connectivity index (χ1n) is 10.1. The van der Waals surface area contributed by atoms with Crippen molar-refractivity contribution < 1.29 is 0 Å². The number of nitrogens with zero attached hydrogens (tertiary/aromatic N) is 5. The quantitative estimate of drug-likeness (QED) is 0.529. The molecule has 4 aromatic rings. The van der Waals surface area contributed by atoms with Crippen molar-refractivity contribution in [2.45, 2.75) is 12.5 Å². The number of anilines is 1. The molecule has 5 rings (SSSR count). The van der Waals surface area contributed by atoms with Crippen molar-refractivity contribution >= 4 is 11.3 Å². The van der Waals surface area contributed by atoms with Gasteiger partial charge in [0.25, 0.3) is 0 Å². The summed E-state index contributed by atoms with van der Waals surface area (Å²) in [4.78, 5) is 14.5. The van der Waals surface area contributed by atoms with Gasteiger partial charge in [0.1, 0.15) is 5.52 Å². The summed E-state index contributed by atoms with van der Waals surface area (Å²) in [5.74, 6) is 1.02. The van der Waals surface area contributed by atoms with Gasteiger partial charge in [-0.05, 0) is 20.5 Å². The Hall–Kier alpha value is -3.18. The molecule has 1 aliphatic rings. The van der Waals surface area contributed by atoms with Crippen LogP contribution in [0.1, 0.15) is 6.42 Å². The van der Waals surface area contributed by atoms with Crippen molar-refractivity contribution in [1.82, 2.24) is 19.3 Å². The molecule has 3 heterocycles. The minimum absolute atomic E-state index is 0.550. The highest BCUT2D eigenvalue weighted by molar-refractivity contribution is 5.85. The third-order valence-electron chi connectivity index (χ3n) is 5.84. The van der Waals surface area contributed by atoms with E-state index in [1.165, 1.54) is 0 Å². The number of rotatable bonds is 4. The molecule has 146 valence electrons. The molecule has 2 aromatic heterocycles. The van der Waals surface area contributed by atoms with Gasteiger partial charge in [-0.15, -0.1) is 0 Å². The van der Waals surface area contributed by atoms with Gasteiger partial charge in [-0.2, -0.15) is 0 Å². The zero-order valence-electron chi connectivity index (χ0n) is 16.9. The molecule has 0 amide bonds. The minimum atomic E-state index is 0.550. The molecule has 0 unspecified atom stereocenters. The largest absolute Gasteiger partial charge is 0.353 e. The number of benzene rings is 2. The third-order valence-corrected chi connectivity index (χ3v) is 5.84. The Morgan fingerprint density at radius 3 is 2.28 bits per heavy atom. The highest BCUT2D eigenvalue weighted by Crippen LogP contribution is 2.36. The van der Waals surface area contributed by atoms with E-state index in [0.29, 0.717) is 6.04 Å². The minimum Gasteiger partial charge on any atom is -0.353 e. The lowest BCUT2D eigenvalue weighted by Crippen LogP contribution is -2.32. The van der Waals surface area contributed by atoms with E-state index in [0.717, 1.165) is 53.4 Å². The SMILES string of the molecule is CN(C)[C@H]1CCN(c2nc(-c3ccccc3)c(-c3ccccc3)n3cncc23)C1. The molecule has 1 fully saturated rings. The van der Waals surface area contributed by atoms with Crippen LogP contribution >= 0.6 is 0 Å². The first-order chi connectivity index (χ1) is 14.2. The second-order valence-corrected chi connectivity index (χ2v) is 7.87. The molecule has 0 saturated carbocycles. The lowest BCUT2D eigenvalue weighted by Gasteiger charge is -2.23. The zero-order valence-corrected chi connectivity index (χ0v) is 16.9. The molecule has 1 aliphatic heterocycles. The second-order valence-electron chi connectivity index (χ2n) is 7.87. The van der Waals surface area contributed by atoms with Gasteiger partial charge in [0, 0.05) is 30.3 Å². The highest BCUT2D eigenvalue weighted by Gasteiger charge is 2.28. The van der Waals surface area contributed by atoms with Gasteiger partial charge < -0.3 is 9.80 Å². The molecular weight excluding hydrogens is 358 g/mol. The van der Waals surface area contributed by atoms with E-state index in [4.69, 9.17) is 4.98 Å². The van der Waals surface area contributed by atoms with E-state index in [-0.39, 0.29) is 0 Å². The van der Waals surface area contributed by atoms with Crippen molar-refractivity contribution in [1.29, 1.82) is 0 Å². The average molecular weight is 383 g/mol. The van der Waals surface area contributed by atoms with Gasteiger partial charge in [-0.1, -0.05) is 60.7 Å². The van der Waals surface area contributed by atoms with Gasteiger partial charge in [0.15, 0.2) is 5.82 Å². The van der Waals surface area contributed by atoms with Crippen molar-refractivity contribution in [3.8, 4) is 22.5 Å². The fraction of sp³-hybridized carbons (Fsp3) is 0.250. The predicted octanol–water partition coefficient (Wildman–Crippen LogP) is 4.20. The van der Waals surface area contributed by atoms with Crippen LogP contribution in [0.3, 0.4) is 0 Å². The number of imidazole rings is 1. The Balaban J connectivity index is 1.74. The molecule has 0 spiro atoms. The lowest BCUT2D eigenvalue weighted by atomic mass is 10.0. The standard InChI is InChI=1S/C24H25N5/c1-27(2)20-13-14-28(16-20)24-21-15-25-17-29(21)23(19-11-7-4-8-12-19)22(26-24)18-9-5-3-6-10-18/h3-12,15,17,20H,13-14,16H2,1-2H3/t20-/m0/s1. The molecule has 5 nitrogen and oxygen atoms in total. The maximum absolute atomic E-state index is 5.24. The van der Waals surface area contributed by atoms with E-state index >= 15 is 0 Å². The molecule has 0 bridgehead atoms. The Kier molecular flexibility index (Phi) is 4.52. The molecule has 1 saturated heterocycles. The van der Waals surface area contributed by atoms with Crippen LogP contribution in [0, 0.1) is 0 Å². The van der Waals surface area contributed by atoms with Gasteiger partial charge in [0.2, 0.25) is 0 Å². The van der Waals surface area contributed by atoms with Crippen LogP contribution in [-0.2, 0) is 0 Å². The van der Waals surface area contributed by atoms with Gasteiger partial charge >= 0.3 is 0 Å². The Bertz CT molecular complexity index is 1120. The highest BCUT2D eigenvalue weighted by atomic mass is 15.3. The fourth-order valence-corrected chi connectivity index (χ4v) is 4.23. The molecule has 0 N–H and O–H groups in total. The van der Waals surface area contributed by atoms with Crippen LogP contribution in [0.15, 0.2) is 73.2 Å². The molecule has 0 aliphatic carbocycles. The third kappa shape index (κ3) is 3.17. The first kappa shape index (κ1) is 17.9. The first-order valence-corrected chi connectivity index (χ1v) is 10.1. The Morgan fingerprint density at radius 1 is 0.931 bits per heavy atom. The summed E-state index contributed by atoms with van der Waals surface area (Å²) in [5.41, 5.74) is 5.39. The number of aromatic nitrogens is 3. The van der Waals surface area contributed by atoms with Crippen LogP contribution in [0.5, 0.6) is 0 Å². The zero-order chi connectivity index (χ0) is 19.8. The summed E-state index contributed by atoms with van der Waals surface area (Å²) in [6.07, 6.45) is 5.00. The summed E-state index contributed by atoms with van der Waals surface area (Å²) in [6.45, 7) is 2.00. The molecular formula is C24H25N5. The predicted molar refractivity (Wildman–Crippen MR) is 118 cm³/mol. The number of hydrogen-bond acceptors (Lipinski definition) is 4. The maximum atomic E-state index is 5.24. The molecule has 0 radical (unpaired) electrons. The summed E-state index contributed by atoms with van der Waals surface area (Å²) < 4.78 is 2.20. The van der Waals surface area contributed by atoms with Crippen LogP contribution < -0.4 is 4.90 Å². The van der Waals surface area contributed by atoms with Gasteiger partial charge in [0.05, 0.1) is 23.9 Å². The summed E-state index contributed by atoms with van der Waals surface area (Å²) >= 11 is 0. The van der Waals surface area contributed by atoms with Crippen molar-refractivity contribution in [3.05, 3.63) is 73.2 Å². The van der Waals surface area contributed by atoms with Crippen LogP contribution in [-0.4, -0.2) is 52.5 Å². The van der Waals surface area contributed by atoms with Gasteiger partial charge in [-0.25, -0.2) is 9.97 Å². The van der Waals surface area contributed by atoms with Crippen molar-refractivity contribution in [3.63, 3.8) is 0 Å². The summed E-state index contributed by atoms with van der Waals surface area (Å²) in [6, 6.07) is 21.5. The molecule has 29 heavy (non-hydrogen) atoms. The summed E-state index contributed by atoms with van der Waals surface area (Å²) in [5, 5.41) is 0. The fourth-order valence-electron chi connectivity index (χ4n) is 4.23. The molecule has 1 atom stereocenters. The number of hydrogen-bond donors (Lipinski definition) is 0. The normalized spacial score (nSPS) is 16.8. The van der Waals surface area contributed by atoms with E-state index < -0.39 is 0 Å². The maximum Gasteiger partial charge on any atom is 0.155 e. The van der Waals surface area contributed by atoms with Crippen LogP contribution in [0.2, 0.25) is 0 Å². The van der Waals surface area contributed by atoms with E-state index in [2.05, 4.69) is 81.8 Å². The van der Waals surface area contributed by atoms with Crippen molar-refractivity contribution in [2.75, 3.05) is 32.1 Å². The molecule has 5 heteroatoms. The second kappa shape index (κ2) is 7.33. The number of fused-ring (bicyclic) bond motifs is 1. The van der Waals surface area contributed by atoms with E-state index in [9.17, 15) is 0 Å². The van der Waals surface area contributed by atoms with E-state index in [1.54, 1.807) is 0 Å².